The maximum atomic E-state index is 9.87. The summed E-state index contributed by atoms with van der Waals surface area (Å²) in [6, 6.07) is 7.31. The molecule has 0 bridgehead atoms. The normalized spacial score (nSPS) is 8.62. The molecule has 0 radical (unpaired) electrons. The molecule has 0 atom stereocenters. The number of carbonyl (C=O) groups is 2. The Morgan fingerprint density at radius 1 is 1.44 bits per heavy atom. The number of anilines is 1. The molecule has 0 aliphatic heterocycles. The van der Waals surface area contributed by atoms with Gasteiger partial charge in [-0.05, 0) is 19.1 Å². The van der Waals surface area contributed by atoms with E-state index in [-0.39, 0.29) is 12.2 Å². The summed E-state index contributed by atoms with van der Waals surface area (Å²) < 4.78 is 4.92. The van der Waals surface area contributed by atoms with Gasteiger partial charge in [-0.2, -0.15) is 0 Å². The standard InChI is InChI=1S/C7H9NO.C4H6O3/c1-9-7-4-2-3-6(8)5-7;1-3(5)2-4(6)7/h2-5H,8H2,1H3;2H2,1H3,(H,6,7). The van der Waals surface area contributed by atoms with Crippen molar-refractivity contribution in [3.63, 3.8) is 0 Å². The topological polar surface area (TPSA) is 89.6 Å². The number of hydrogen-bond donors (Lipinski definition) is 2. The first-order chi connectivity index (χ1) is 7.45. The average molecular weight is 225 g/mol. The predicted octanol–water partition coefficient (Wildman–Crippen LogP) is 1.33. The number of benzene rings is 1. The van der Waals surface area contributed by atoms with E-state index in [4.69, 9.17) is 15.6 Å². The van der Waals surface area contributed by atoms with E-state index in [0.717, 1.165) is 11.4 Å². The molecule has 0 aliphatic rings. The van der Waals surface area contributed by atoms with Crippen LogP contribution >= 0.6 is 0 Å². The van der Waals surface area contributed by atoms with E-state index in [9.17, 15) is 9.59 Å². The highest BCUT2D eigenvalue weighted by Gasteiger charge is 1.98. The Morgan fingerprint density at radius 2 is 2.06 bits per heavy atom. The number of aliphatic carboxylic acids is 1. The van der Waals surface area contributed by atoms with Gasteiger partial charge in [-0.15, -0.1) is 0 Å². The van der Waals surface area contributed by atoms with Crippen LogP contribution < -0.4 is 10.5 Å². The smallest absolute Gasteiger partial charge is 0.310 e. The van der Waals surface area contributed by atoms with Crippen LogP contribution in [0.5, 0.6) is 5.75 Å². The summed E-state index contributed by atoms with van der Waals surface area (Å²) in [5.74, 6) is -0.574. The van der Waals surface area contributed by atoms with Crippen LogP contribution in [0.15, 0.2) is 24.3 Å². The zero-order valence-electron chi connectivity index (χ0n) is 9.27. The minimum atomic E-state index is -1.06. The molecule has 1 rings (SSSR count). The summed E-state index contributed by atoms with van der Waals surface area (Å²) in [6.07, 6.45) is -0.361. The maximum absolute atomic E-state index is 9.87. The van der Waals surface area contributed by atoms with Gasteiger partial charge >= 0.3 is 5.97 Å². The molecule has 0 heterocycles. The van der Waals surface area contributed by atoms with E-state index in [1.807, 2.05) is 18.2 Å². The molecule has 5 nitrogen and oxygen atoms in total. The van der Waals surface area contributed by atoms with Gasteiger partial charge in [-0.25, -0.2) is 0 Å². The minimum Gasteiger partial charge on any atom is -0.497 e. The van der Waals surface area contributed by atoms with Gasteiger partial charge in [0.05, 0.1) is 7.11 Å². The number of hydrogen-bond acceptors (Lipinski definition) is 4. The summed E-state index contributed by atoms with van der Waals surface area (Å²) >= 11 is 0. The SMILES string of the molecule is CC(=O)CC(=O)O.COc1cccc(N)c1. The molecule has 1 aromatic carbocycles. The van der Waals surface area contributed by atoms with E-state index in [0.29, 0.717) is 0 Å². The monoisotopic (exact) mass is 225 g/mol. The summed E-state index contributed by atoms with van der Waals surface area (Å²) in [5, 5.41) is 7.86. The first kappa shape index (κ1) is 14.0. The maximum Gasteiger partial charge on any atom is 0.310 e. The van der Waals surface area contributed by atoms with Crippen molar-refractivity contribution >= 4 is 17.4 Å². The fraction of sp³-hybridized carbons (Fsp3) is 0.273. The Morgan fingerprint density at radius 3 is 2.31 bits per heavy atom. The number of carboxylic acid groups (broad SMARTS) is 1. The van der Waals surface area contributed by atoms with Gasteiger partial charge in [-0.1, -0.05) is 6.07 Å². The Hall–Kier alpha value is -2.04. The minimum absolute atomic E-state index is 0.312. The third-order valence-corrected chi connectivity index (χ3v) is 1.49. The Bertz CT molecular complexity index is 351. The fourth-order valence-corrected chi connectivity index (χ4v) is 0.854. The van der Waals surface area contributed by atoms with Gasteiger partial charge in [0, 0.05) is 11.8 Å². The Balaban J connectivity index is 0.000000293. The average Bonchev–Trinajstić information content (AvgIpc) is 2.16. The fourth-order valence-electron chi connectivity index (χ4n) is 0.854. The molecular weight excluding hydrogens is 210 g/mol. The van der Waals surface area contributed by atoms with Crippen LogP contribution in [0, 0.1) is 0 Å². The lowest BCUT2D eigenvalue weighted by atomic mass is 10.3. The quantitative estimate of drug-likeness (QED) is 0.598. The number of rotatable bonds is 3. The van der Waals surface area contributed by atoms with Crippen LogP contribution in [0.2, 0.25) is 0 Å². The second kappa shape index (κ2) is 7.28. The summed E-state index contributed by atoms with van der Waals surface area (Å²) in [6.45, 7) is 1.24. The molecule has 0 aromatic heterocycles. The van der Waals surface area contributed by atoms with Crippen molar-refractivity contribution in [1.82, 2.24) is 0 Å². The van der Waals surface area contributed by atoms with Crippen molar-refractivity contribution in [3.8, 4) is 5.75 Å². The lowest BCUT2D eigenvalue weighted by molar-refractivity contribution is -0.139. The van der Waals surface area contributed by atoms with Crippen molar-refractivity contribution in [2.45, 2.75) is 13.3 Å². The molecule has 3 N–H and O–H groups in total. The molecule has 0 amide bonds. The highest BCUT2D eigenvalue weighted by Crippen LogP contribution is 2.12. The van der Waals surface area contributed by atoms with Crippen LogP contribution in [-0.4, -0.2) is 24.0 Å². The van der Waals surface area contributed by atoms with Crippen molar-refractivity contribution in [1.29, 1.82) is 0 Å². The van der Waals surface area contributed by atoms with Crippen LogP contribution in [0.1, 0.15) is 13.3 Å². The number of ether oxygens (including phenoxy) is 1. The molecule has 0 saturated carbocycles. The second-order valence-electron chi connectivity index (χ2n) is 3.05. The van der Waals surface area contributed by atoms with Crippen LogP contribution in [0.3, 0.4) is 0 Å². The van der Waals surface area contributed by atoms with Gasteiger partial charge < -0.3 is 15.6 Å². The van der Waals surface area contributed by atoms with Crippen LogP contribution in [0.25, 0.3) is 0 Å². The van der Waals surface area contributed by atoms with E-state index < -0.39 is 5.97 Å². The third-order valence-electron chi connectivity index (χ3n) is 1.49. The molecule has 5 heteroatoms. The van der Waals surface area contributed by atoms with Crippen molar-refractivity contribution in [2.24, 2.45) is 0 Å². The lowest BCUT2D eigenvalue weighted by Crippen LogP contribution is -2.00. The molecule has 0 spiro atoms. The largest absolute Gasteiger partial charge is 0.497 e. The number of Topliss-reactive ketones (excluding diaryl/α,β-unsaturated/α-hetero) is 1. The van der Waals surface area contributed by atoms with Crippen LogP contribution in [-0.2, 0) is 9.59 Å². The van der Waals surface area contributed by atoms with Crippen molar-refractivity contribution in [2.75, 3.05) is 12.8 Å². The first-order valence-electron chi connectivity index (χ1n) is 4.56. The molecule has 88 valence electrons. The van der Waals surface area contributed by atoms with Gasteiger partial charge in [0.1, 0.15) is 18.0 Å². The summed E-state index contributed by atoms with van der Waals surface area (Å²) in [7, 11) is 1.62. The number of nitrogens with two attached hydrogens (primary N) is 1. The molecule has 0 unspecified atom stereocenters. The van der Waals surface area contributed by atoms with E-state index >= 15 is 0 Å². The van der Waals surface area contributed by atoms with Gasteiger partial charge in [0.25, 0.3) is 0 Å². The lowest BCUT2D eigenvalue weighted by Gasteiger charge is -1.97. The molecule has 0 saturated heterocycles. The predicted molar refractivity (Wildman–Crippen MR) is 60.3 cm³/mol. The third kappa shape index (κ3) is 7.37. The van der Waals surface area contributed by atoms with Gasteiger partial charge in [0.2, 0.25) is 0 Å². The summed E-state index contributed by atoms with van der Waals surface area (Å²) in [4.78, 5) is 19.5. The molecule has 0 aliphatic carbocycles. The second-order valence-corrected chi connectivity index (χ2v) is 3.05. The van der Waals surface area contributed by atoms with E-state index in [2.05, 4.69) is 0 Å². The number of nitrogen functional groups attached to an aromatic ring is 1. The number of ketones is 1. The highest BCUT2D eigenvalue weighted by molar-refractivity contribution is 5.93. The zero-order chi connectivity index (χ0) is 12.6. The highest BCUT2D eigenvalue weighted by atomic mass is 16.5. The first-order valence-corrected chi connectivity index (χ1v) is 4.56. The number of methoxy groups -OCH3 is 1. The number of carboxylic acids is 1. The Kier molecular flexibility index (Phi) is 6.35. The Labute approximate surface area is 93.8 Å². The number of carbonyl (C=O) groups excluding carboxylic acids is 1. The zero-order valence-corrected chi connectivity index (χ0v) is 9.27. The molecule has 0 fully saturated rings. The van der Waals surface area contributed by atoms with Gasteiger partial charge in [-0.3, -0.25) is 9.59 Å². The molecule has 16 heavy (non-hydrogen) atoms. The van der Waals surface area contributed by atoms with E-state index in [1.165, 1.54) is 6.92 Å². The van der Waals surface area contributed by atoms with Crippen LogP contribution in [0.4, 0.5) is 5.69 Å². The van der Waals surface area contributed by atoms with Crippen molar-refractivity contribution in [3.05, 3.63) is 24.3 Å². The van der Waals surface area contributed by atoms with Crippen molar-refractivity contribution < 1.29 is 19.4 Å². The summed E-state index contributed by atoms with van der Waals surface area (Å²) in [5.41, 5.74) is 6.19. The van der Waals surface area contributed by atoms with Gasteiger partial charge in [0.15, 0.2) is 0 Å². The molecular formula is C11H15NO4. The molecule has 1 aromatic rings. The van der Waals surface area contributed by atoms with E-state index in [1.54, 1.807) is 13.2 Å².